The largest absolute Gasteiger partial charge is 0.461 e. The lowest BCUT2D eigenvalue weighted by Gasteiger charge is -2.32. The summed E-state index contributed by atoms with van der Waals surface area (Å²) in [5.74, 6) is 0.00941. The van der Waals surface area contributed by atoms with Crippen molar-refractivity contribution in [3.8, 4) is 6.01 Å². The second-order valence-corrected chi connectivity index (χ2v) is 8.55. The number of ether oxygens (including phenoxy) is 2. The molecule has 3 aromatic rings. The molecule has 0 aliphatic carbocycles. The maximum absolute atomic E-state index is 12.6. The molecule has 1 aliphatic rings. The fraction of sp³-hybridized carbons (Fsp3) is 0.478. The predicted octanol–water partition coefficient (Wildman–Crippen LogP) is -0.247. The van der Waals surface area contributed by atoms with Crippen LogP contribution in [0, 0.1) is 0 Å². The molecule has 2 aromatic heterocycles. The molecule has 0 spiro atoms. The highest BCUT2D eigenvalue weighted by Gasteiger charge is 2.16. The number of nitrogens with two attached hydrogens (primary N) is 1. The standard InChI is InChI=1S/C23H32N8O4/c1-29-9-11-30(12-10-29)8-7-25-21(32)17-5-3-16(4-6-17)15-31-20-18(26-23(31)33)19(24)27-22(28-20)35-14-13-34-2/h3-6H,7-15H2,1-2H3,(H,25,32)(H,26,33)(H2,24,27,28). The van der Waals surface area contributed by atoms with E-state index in [1.54, 1.807) is 19.2 Å². The molecule has 1 aliphatic heterocycles. The molecule has 0 unspecified atom stereocenters. The van der Waals surface area contributed by atoms with Crippen LogP contribution in [0.25, 0.3) is 11.2 Å². The Bertz CT molecular complexity index is 1200. The van der Waals surface area contributed by atoms with Gasteiger partial charge in [0.2, 0.25) is 0 Å². The van der Waals surface area contributed by atoms with Gasteiger partial charge in [-0.05, 0) is 24.7 Å². The Morgan fingerprint density at radius 2 is 1.89 bits per heavy atom. The Hall–Kier alpha value is -3.48. The summed E-state index contributed by atoms with van der Waals surface area (Å²) in [6.45, 7) is 6.46. The van der Waals surface area contributed by atoms with E-state index in [-0.39, 0.29) is 36.6 Å². The van der Waals surface area contributed by atoms with Crippen LogP contribution >= 0.6 is 0 Å². The minimum absolute atomic E-state index is 0.0726. The third-order valence-corrected chi connectivity index (χ3v) is 6.02. The van der Waals surface area contributed by atoms with E-state index in [9.17, 15) is 9.59 Å². The lowest BCUT2D eigenvalue weighted by Crippen LogP contribution is -2.46. The zero-order chi connectivity index (χ0) is 24.8. The summed E-state index contributed by atoms with van der Waals surface area (Å²) in [6.07, 6.45) is 0. The van der Waals surface area contributed by atoms with Crippen molar-refractivity contribution < 1.29 is 14.3 Å². The molecule has 0 radical (unpaired) electrons. The van der Waals surface area contributed by atoms with Crippen LogP contribution in [0.2, 0.25) is 0 Å². The molecule has 12 nitrogen and oxygen atoms in total. The third kappa shape index (κ3) is 6.15. The topological polar surface area (TPSA) is 144 Å². The second-order valence-electron chi connectivity index (χ2n) is 8.55. The van der Waals surface area contributed by atoms with Gasteiger partial charge < -0.3 is 30.4 Å². The van der Waals surface area contributed by atoms with Gasteiger partial charge in [0.05, 0.1) is 13.2 Å². The number of hydrogen-bond acceptors (Lipinski definition) is 9. The van der Waals surface area contributed by atoms with Crippen LogP contribution in [0.3, 0.4) is 0 Å². The zero-order valence-electron chi connectivity index (χ0n) is 20.1. The van der Waals surface area contributed by atoms with E-state index < -0.39 is 0 Å². The number of amides is 1. The van der Waals surface area contributed by atoms with Gasteiger partial charge in [0.25, 0.3) is 5.91 Å². The SMILES string of the molecule is COCCOc1nc(N)c2[nH]c(=O)n(Cc3ccc(C(=O)NCCN4CCN(C)CC4)cc3)c2n1. The molecule has 0 atom stereocenters. The number of methoxy groups -OCH3 is 1. The van der Waals surface area contributed by atoms with E-state index >= 15 is 0 Å². The number of carbonyl (C=O) groups is 1. The van der Waals surface area contributed by atoms with E-state index in [2.05, 4.69) is 37.1 Å². The zero-order valence-corrected chi connectivity index (χ0v) is 20.1. The molecule has 4 N–H and O–H groups in total. The number of aromatic nitrogens is 4. The van der Waals surface area contributed by atoms with Crippen molar-refractivity contribution in [2.45, 2.75) is 6.54 Å². The molecule has 0 bridgehead atoms. The smallest absolute Gasteiger partial charge is 0.328 e. The highest BCUT2D eigenvalue weighted by Crippen LogP contribution is 2.18. The van der Waals surface area contributed by atoms with Gasteiger partial charge in [-0.1, -0.05) is 12.1 Å². The van der Waals surface area contributed by atoms with Crippen LogP contribution in [0.1, 0.15) is 15.9 Å². The molecule has 1 saturated heterocycles. The first-order chi connectivity index (χ1) is 16.9. The monoisotopic (exact) mass is 484 g/mol. The summed E-state index contributed by atoms with van der Waals surface area (Å²) in [5, 5.41) is 2.98. The molecular formula is C23H32N8O4. The summed E-state index contributed by atoms with van der Waals surface area (Å²) in [6, 6.07) is 7.22. The molecule has 3 heterocycles. The number of fused-ring (bicyclic) bond motifs is 1. The van der Waals surface area contributed by atoms with Crippen molar-refractivity contribution >= 4 is 22.9 Å². The number of anilines is 1. The van der Waals surface area contributed by atoms with Gasteiger partial charge in [0, 0.05) is 51.9 Å². The average molecular weight is 485 g/mol. The summed E-state index contributed by atoms with van der Waals surface area (Å²) < 4.78 is 11.9. The van der Waals surface area contributed by atoms with E-state index in [4.69, 9.17) is 15.2 Å². The van der Waals surface area contributed by atoms with Gasteiger partial charge in [-0.3, -0.25) is 14.3 Å². The Kier molecular flexibility index (Phi) is 7.95. The molecule has 188 valence electrons. The maximum Gasteiger partial charge on any atom is 0.328 e. The number of nitrogens with one attached hydrogen (secondary N) is 2. The Morgan fingerprint density at radius 1 is 1.14 bits per heavy atom. The number of imidazole rings is 1. The molecule has 1 aromatic carbocycles. The molecule has 12 heteroatoms. The number of benzene rings is 1. The first kappa shape index (κ1) is 24.6. The number of aromatic amines is 1. The van der Waals surface area contributed by atoms with Crippen molar-refractivity contribution in [1.29, 1.82) is 0 Å². The number of nitrogen functional groups attached to an aromatic ring is 1. The van der Waals surface area contributed by atoms with Gasteiger partial charge in [0.1, 0.15) is 12.1 Å². The summed E-state index contributed by atoms with van der Waals surface area (Å²) in [7, 11) is 3.69. The van der Waals surface area contributed by atoms with Gasteiger partial charge in [-0.2, -0.15) is 9.97 Å². The number of hydrogen-bond donors (Lipinski definition) is 3. The Balaban J connectivity index is 1.38. The Labute approximate surface area is 203 Å². The Morgan fingerprint density at radius 3 is 2.60 bits per heavy atom. The van der Waals surface area contributed by atoms with Crippen LogP contribution in [0.15, 0.2) is 29.1 Å². The second kappa shape index (κ2) is 11.3. The predicted molar refractivity (Wildman–Crippen MR) is 132 cm³/mol. The number of likely N-dealkylation sites (N-methyl/N-ethyl adjacent to an activating group) is 1. The number of carbonyl (C=O) groups excluding carboxylic acids is 1. The van der Waals surface area contributed by atoms with E-state index in [0.29, 0.717) is 29.9 Å². The minimum atomic E-state index is -0.360. The van der Waals surface area contributed by atoms with Crippen LogP contribution in [0.4, 0.5) is 5.82 Å². The van der Waals surface area contributed by atoms with Crippen molar-refractivity contribution in [3.05, 3.63) is 45.9 Å². The summed E-state index contributed by atoms with van der Waals surface area (Å²) in [4.78, 5) is 40.9. The van der Waals surface area contributed by atoms with Gasteiger partial charge in [-0.15, -0.1) is 0 Å². The van der Waals surface area contributed by atoms with Crippen molar-refractivity contribution in [2.75, 3.05) is 72.4 Å². The maximum atomic E-state index is 12.6. The van der Waals surface area contributed by atoms with Gasteiger partial charge in [0.15, 0.2) is 11.5 Å². The molecule has 1 fully saturated rings. The molecule has 1 amide bonds. The minimum Gasteiger partial charge on any atom is -0.461 e. The van der Waals surface area contributed by atoms with Crippen molar-refractivity contribution in [1.82, 2.24) is 34.6 Å². The highest BCUT2D eigenvalue weighted by molar-refractivity contribution is 5.94. The first-order valence-corrected chi connectivity index (χ1v) is 11.6. The fourth-order valence-electron chi connectivity index (χ4n) is 3.90. The van der Waals surface area contributed by atoms with Crippen LogP contribution in [0.5, 0.6) is 6.01 Å². The quantitative estimate of drug-likeness (QED) is 0.332. The van der Waals surface area contributed by atoms with E-state index in [1.807, 2.05) is 12.1 Å². The lowest BCUT2D eigenvalue weighted by molar-refractivity contribution is 0.0941. The molecule has 4 rings (SSSR count). The number of nitrogens with zero attached hydrogens (tertiary/aromatic N) is 5. The van der Waals surface area contributed by atoms with Crippen LogP contribution in [-0.4, -0.2) is 102 Å². The van der Waals surface area contributed by atoms with Crippen molar-refractivity contribution in [2.24, 2.45) is 0 Å². The normalized spacial score (nSPS) is 14.9. The number of H-pyrrole nitrogens is 1. The summed E-state index contributed by atoms with van der Waals surface area (Å²) >= 11 is 0. The number of rotatable bonds is 10. The first-order valence-electron chi connectivity index (χ1n) is 11.6. The lowest BCUT2D eigenvalue weighted by atomic mass is 10.1. The van der Waals surface area contributed by atoms with Gasteiger partial charge >= 0.3 is 11.7 Å². The molecular weight excluding hydrogens is 452 g/mol. The fourth-order valence-corrected chi connectivity index (χ4v) is 3.90. The highest BCUT2D eigenvalue weighted by atomic mass is 16.5. The number of piperazine rings is 1. The van der Waals surface area contributed by atoms with E-state index in [1.165, 1.54) is 4.57 Å². The molecule has 0 saturated carbocycles. The van der Waals surface area contributed by atoms with Crippen LogP contribution in [-0.2, 0) is 11.3 Å². The average Bonchev–Trinajstić information content (AvgIpc) is 3.16. The van der Waals surface area contributed by atoms with Crippen LogP contribution < -0.4 is 21.5 Å². The third-order valence-electron chi connectivity index (χ3n) is 6.02. The molecule has 35 heavy (non-hydrogen) atoms. The summed E-state index contributed by atoms with van der Waals surface area (Å²) in [5.41, 5.74) is 7.73. The van der Waals surface area contributed by atoms with E-state index in [0.717, 1.165) is 38.3 Å². The van der Waals surface area contributed by atoms with Gasteiger partial charge in [-0.25, -0.2) is 4.79 Å². The van der Waals surface area contributed by atoms with Crippen molar-refractivity contribution in [3.63, 3.8) is 0 Å².